The maximum absolute atomic E-state index is 13.2. The molecule has 188 valence electrons. The van der Waals surface area contributed by atoms with Crippen molar-refractivity contribution in [3.63, 3.8) is 0 Å². The smallest absolute Gasteiger partial charge is 0.322 e. The van der Waals surface area contributed by atoms with E-state index in [1.54, 1.807) is 24.3 Å². The average molecular weight is 501 g/mol. The molecule has 1 amide bonds. The SMILES string of the molecule is O=C(Nc1ccc2c(c1)CCNC2CCc1ccccc1)c1ccccc1-c1ccc(C(F)(F)F)cc1. The number of aryl methyl sites for hydroxylation is 1. The first-order valence-corrected chi connectivity index (χ1v) is 12.4. The Bertz CT molecular complexity index is 1380. The third-order valence-corrected chi connectivity index (χ3v) is 6.82. The standard InChI is InChI=1S/C31H27F3N2O/c32-31(33,34)24-13-11-22(12-14-24)26-8-4-5-9-28(26)30(37)36-25-15-16-27-23(20-25)18-19-35-29(27)17-10-21-6-2-1-3-7-21/h1-9,11-16,20,29,35H,10,17-19H2,(H,36,37). The summed E-state index contributed by atoms with van der Waals surface area (Å²) in [6.07, 6.45) is -1.55. The van der Waals surface area contributed by atoms with Gasteiger partial charge in [-0.15, -0.1) is 0 Å². The van der Waals surface area contributed by atoms with Crippen molar-refractivity contribution in [3.8, 4) is 11.1 Å². The van der Waals surface area contributed by atoms with E-state index in [0.717, 1.165) is 37.9 Å². The van der Waals surface area contributed by atoms with E-state index in [-0.39, 0.29) is 11.9 Å². The van der Waals surface area contributed by atoms with Gasteiger partial charge in [0.2, 0.25) is 0 Å². The number of carbonyl (C=O) groups excluding carboxylic acids is 1. The van der Waals surface area contributed by atoms with E-state index < -0.39 is 11.7 Å². The van der Waals surface area contributed by atoms with Crippen LogP contribution in [0.25, 0.3) is 11.1 Å². The number of carbonyl (C=O) groups is 1. The van der Waals surface area contributed by atoms with E-state index >= 15 is 0 Å². The molecule has 0 spiro atoms. The lowest BCUT2D eigenvalue weighted by Gasteiger charge is -2.27. The van der Waals surface area contributed by atoms with Crippen LogP contribution < -0.4 is 10.6 Å². The van der Waals surface area contributed by atoms with Gasteiger partial charge in [0.25, 0.3) is 5.91 Å². The topological polar surface area (TPSA) is 41.1 Å². The Balaban J connectivity index is 1.32. The van der Waals surface area contributed by atoms with Gasteiger partial charge >= 0.3 is 6.18 Å². The summed E-state index contributed by atoms with van der Waals surface area (Å²) < 4.78 is 38.9. The van der Waals surface area contributed by atoms with Crippen LogP contribution >= 0.6 is 0 Å². The molecule has 0 aromatic heterocycles. The van der Waals surface area contributed by atoms with E-state index in [1.165, 1.54) is 28.8 Å². The first-order valence-electron chi connectivity index (χ1n) is 12.4. The van der Waals surface area contributed by atoms with Crippen molar-refractivity contribution in [2.75, 3.05) is 11.9 Å². The highest BCUT2D eigenvalue weighted by Crippen LogP contribution is 2.33. The number of rotatable bonds is 6. The maximum atomic E-state index is 13.2. The third kappa shape index (κ3) is 5.75. The predicted molar refractivity (Wildman–Crippen MR) is 140 cm³/mol. The first kappa shape index (κ1) is 24.8. The Kier molecular flexibility index (Phi) is 7.10. The summed E-state index contributed by atoms with van der Waals surface area (Å²) in [5.74, 6) is -0.301. The minimum Gasteiger partial charge on any atom is -0.322 e. The predicted octanol–water partition coefficient (Wildman–Crippen LogP) is 7.44. The van der Waals surface area contributed by atoms with Crippen LogP contribution in [0, 0.1) is 0 Å². The lowest BCUT2D eigenvalue weighted by Crippen LogP contribution is -2.30. The van der Waals surface area contributed by atoms with Gasteiger partial charge in [0, 0.05) is 17.3 Å². The Morgan fingerprint density at radius 1 is 0.892 bits per heavy atom. The molecule has 6 heteroatoms. The average Bonchev–Trinajstić information content (AvgIpc) is 2.92. The molecule has 0 saturated carbocycles. The van der Waals surface area contributed by atoms with Gasteiger partial charge in [-0.3, -0.25) is 4.79 Å². The van der Waals surface area contributed by atoms with Crippen LogP contribution in [-0.4, -0.2) is 12.5 Å². The van der Waals surface area contributed by atoms with E-state index in [0.29, 0.717) is 22.4 Å². The fraction of sp³-hybridized carbons (Fsp3) is 0.194. The molecule has 37 heavy (non-hydrogen) atoms. The molecule has 2 N–H and O–H groups in total. The van der Waals surface area contributed by atoms with Crippen LogP contribution in [0.1, 0.15) is 45.1 Å². The molecule has 1 heterocycles. The molecule has 0 saturated heterocycles. The van der Waals surface area contributed by atoms with Crippen molar-refractivity contribution in [2.45, 2.75) is 31.5 Å². The summed E-state index contributed by atoms with van der Waals surface area (Å²) in [6.45, 7) is 0.876. The Morgan fingerprint density at radius 3 is 2.38 bits per heavy atom. The normalized spacial score (nSPS) is 15.2. The third-order valence-electron chi connectivity index (χ3n) is 6.82. The zero-order valence-electron chi connectivity index (χ0n) is 20.2. The highest BCUT2D eigenvalue weighted by Gasteiger charge is 2.30. The Morgan fingerprint density at radius 2 is 1.62 bits per heavy atom. The summed E-state index contributed by atoms with van der Waals surface area (Å²) in [4.78, 5) is 13.2. The second kappa shape index (κ2) is 10.6. The van der Waals surface area contributed by atoms with Crippen LogP contribution in [0.4, 0.5) is 18.9 Å². The fourth-order valence-corrected chi connectivity index (χ4v) is 4.91. The van der Waals surface area contributed by atoms with E-state index in [9.17, 15) is 18.0 Å². The minimum atomic E-state index is -4.40. The number of fused-ring (bicyclic) bond motifs is 1. The molecular weight excluding hydrogens is 473 g/mol. The Labute approximate surface area is 214 Å². The van der Waals surface area contributed by atoms with Crippen molar-refractivity contribution in [1.82, 2.24) is 5.32 Å². The number of halogens is 3. The number of benzene rings is 4. The molecule has 1 aliphatic rings. The summed E-state index contributed by atoms with van der Waals surface area (Å²) in [5, 5.41) is 6.60. The summed E-state index contributed by atoms with van der Waals surface area (Å²) in [5.41, 5.74) is 5.30. The highest BCUT2D eigenvalue weighted by atomic mass is 19.4. The highest BCUT2D eigenvalue weighted by molar-refractivity contribution is 6.08. The van der Waals surface area contributed by atoms with Crippen molar-refractivity contribution in [2.24, 2.45) is 0 Å². The minimum absolute atomic E-state index is 0.258. The van der Waals surface area contributed by atoms with Crippen LogP contribution in [0.15, 0.2) is 97.1 Å². The molecular formula is C31H27F3N2O. The number of nitrogens with one attached hydrogen (secondary N) is 2. The maximum Gasteiger partial charge on any atom is 0.416 e. The van der Waals surface area contributed by atoms with E-state index in [4.69, 9.17) is 0 Å². The molecule has 0 fully saturated rings. The number of alkyl halides is 3. The molecule has 1 unspecified atom stereocenters. The second-order valence-corrected chi connectivity index (χ2v) is 9.27. The van der Waals surface area contributed by atoms with Gasteiger partial charge in [0.15, 0.2) is 0 Å². The molecule has 3 nitrogen and oxygen atoms in total. The van der Waals surface area contributed by atoms with Gasteiger partial charge in [0.1, 0.15) is 0 Å². The first-order chi connectivity index (χ1) is 17.9. The summed E-state index contributed by atoms with van der Waals surface area (Å²) >= 11 is 0. The molecule has 1 aliphatic heterocycles. The molecule has 0 aliphatic carbocycles. The molecule has 0 radical (unpaired) electrons. The quantitative estimate of drug-likeness (QED) is 0.289. The van der Waals surface area contributed by atoms with E-state index in [1.807, 2.05) is 18.2 Å². The van der Waals surface area contributed by atoms with Crippen molar-refractivity contribution in [1.29, 1.82) is 0 Å². The molecule has 5 rings (SSSR count). The van der Waals surface area contributed by atoms with Gasteiger partial charge in [-0.2, -0.15) is 13.2 Å². The fourth-order valence-electron chi connectivity index (χ4n) is 4.91. The summed E-state index contributed by atoms with van der Waals surface area (Å²) in [7, 11) is 0. The largest absolute Gasteiger partial charge is 0.416 e. The molecule has 0 bridgehead atoms. The van der Waals surface area contributed by atoms with Crippen LogP contribution in [-0.2, 0) is 19.0 Å². The lowest BCUT2D eigenvalue weighted by molar-refractivity contribution is -0.137. The number of anilines is 1. The second-order valence-electron chi connectivity index (χ2n) is 9.27. The van der Waals surface area contributed by atoms with Crippen LogP contribution in [0.2, 0.25) is 0 Å². The van der Waals surface area contributed by atoms with Gasteiger partial charge in [-0.25, -0.2) is 0 Å². The van der Waals surface area contributed by atoms with Gasteiger partial charge in [-0.05, 0) is 84.0 Å². The molecule has 4 aromatic rings. The van der Waals surface area contributed by atoms with Crippen molar-refractivity contribution < 1.29 is 18.0 Å². The van der Waals surface area contributed by atoms with Gasteiger partial charge in [-0.1, -0.05) is 66.7 Å². The lowest BCUT2D eigenvalue weighted by atomic mass is 9.90. The van der Waals surface area contributed by atoms with Crippen LogP contribution in [0.5, 0.6) is 0 Å². The Hall–Kier alpha value is -3.90. The molecule has 1 atom stereocenters. The van der Waals surface area contributed by atoms with Crippen LogP contribution in [0.3, 0.4) is 0 Å². The van der Waals surface area contributed by atoms with Gasteiger partial charge in [0.05, 0.1) is 5.56 Å². The summed E-state index contributed by atoms with van der Waals surface area (Å²) in [6, 6.07) is 28.5. The van der Waals surface area contributed by atoms with Crippen molar-refractivity contribution in [3.05, 3.63) is 125 Å². The molecule has 4 aromatic carbocycles. The van der Waals surface area contributed by atoms with Crippen molar-refractivity contribution >= 4 is 11.6 Å². The van der Waals surface area contributed by atoms with E-state index in [2.05, 4.69) is 41.0 Å². The zero-order valence-corrected chi connectivity index (χ0v) is 20.2. The van der Waals surface area contributed by atoms with Gasteiger partial charge < -0.3 is 10.6 Å². The number of hydrogen-bond donors (Lipinski definition) is 2. The number of amides is 1. The number of hydrogen-bond acceptors (Lipinski definition) is 2. The monoisotopic (exact) mass is 500 g/mol. The zero-order chi connectivity index (χ0) is 25.8.